The highest BCUT2D eigenvalue weighted by Gasteiger charge is 2.24. The number of hydrogen-bond acceptors (Lipinski definition) is 5. The lowest BCUT2D eigenvalue weighted by atomic mass is 9.95. The number of anilines is 1. The van der Waals surface area contributed by atoms with Gasteiger partial charge in [0.1, 0.15) is 11.9 Å². The van der Waals surface area contributed by atoms with Gasteiger partial charge in [0.15, 0.2) is 0 Å². The highest BCUT2D eigenvalue weighted by atomic mass is 32.1. The van der Waals surface area contributed by atoms with Gasteiger partial charge in [-0.2, -0.15) is 0 Å². The number of aliphatic hydroxyl groups is 1. The van der Waals surface area contributed by atoms with Crippen LogP contribution in [0.4, 0.5) is 5.69 Å². The van der Waals surface area contributed by atoms with Crippen LogP contribution in [0.2, 0.25) is 0 Å². The van der Waals surface area contributed by atoms with Crippen LogP contribution >= 0.6 is 11.3 Å². The van der Waals surface area contributed by atoms with Crippen molar-refractivity contribution >= 4 is 17.0 Å². The van der Waals surface area contributed by atoms with Gasteiger partial charge in [-0.15, -0.1) is 11.3 Å². The highest BCUT2D eigenvalue weighted by molar-refractivity contribution is 7.09. The molecule has 1 aromatic carbocycles. The minimum Gasteiger partial charge on any atom is -0.488 e. The van der Waals surface area contributed by atoms with Gasteiger partial charge in [0.25, 0.3) is 0 Å². The molecule has 1 fully saturated rings. The Bertz CT molecular complexity index is 597. The van der Waals surface area contributed by atoms with Crippen LogP contribution in [-0.4, -0.2) is 22.3 Å². The molecule has 1 aromatic heterocycles. The van der Waals surface area contributed by atoms with E-state index in [4.69, 9.17) is 4.74 Å². The summed E-state index contributed by atoms with van der Waals surface area (Å²) in [5.74, 6) is 0.825. The minimum absolute atomic E-state index is 0.0626. The fourth-order valence-electron chi connectivity index (χ4n) is 2.72. The zero-order chi connectivity index (χ0) is 15.4. The number of nitrogens with one attached hydrogen (secondary N) is 1. The first-order valence-electron chi connectivity index (χ1n) is 7.80. The second-order valence-corrected chi connectivity index (χ2v) is 6.69. The van der Waals surface area contributed by atoms with Crippen molar-refractivity contribution in [3.8, 4) is 5.75 Å². The SMILES string of the molecule is Cc1ncsc1CNc1ccc(OC2CCCCC2O)cc1. The maximum atomic E-state index is 9.96. The fourth-order valence-corrected chi connectivity index (χ4v) is 3.44. The van der Waals surface area contributed by atoms with E-state index < -0.39 is 0 Å². The van der Waals surface area contributed by atoms with E-state index in [-0.39, 0.29) is 12.2 Å². The Morgan fingerprint density at radius 3 is 2.73 bits per heavy atom. The predicted octanol–water partition coefficient (Wildman–Crippen LogP) is 3.75. The van der Waals surface area contributed by atoms with E-state index in [9.17, 15) is 5.11 Å². The first kappa shape index (κ1) is 15.3. The van der Waals surface area contributed by atoms with Crippen molar-refractivity contribution in [2.75, 3.05) is 5.32 Å². The number of rotatable bonds is 5. The summed E-state index contributed by atoms with van der Waals surface area (Å²) in [7, 11) is 0. The third-order valence-corrected chi connectivity index (χ3v) is 5.04. The van der Waals surface area contributed by atoms with Crippen LogP contribution in [0.3, 0.4) is 0 Å². The third kappa shape index (κ3) is 3.78. The van der Waals surface area contributed by atoms with Gasteiger partial charge < -0.3 is 15.2 Å². The largest absolute Gasteiger partial charge is 0.488 e. The van der Waals surface area contributed by atoms with E-state index in [0.29, 0.717) is 0 Å². The van der Waals surface area contributed by atoms with Gasteiger partial charge in [-0.25, -0.2) is 4.98 Å². The average molecular weight is 318 g/mol. The number of benzene rings is 1. The molecule has 0 saturated heterocycles. The zero-order valence-corrected chi connectivity index (χ0v) is 13.6. The van der Waals surface area contributed by atoms with Crippen molar-refractivity contribution in [1.29, 1.82) is 0 Å². The molecule has 2 N–H and O–H groups in total. The molecule has 0 radical (unpaired) electrons. The predicted molar refractivity (Wildman–Crippen MR) is 89.5 cm³/mol. The van der Waals surface area contributed by atoms with Crippen LogP contribution in [0.5, 0.6) is 5.75 Å². The van der Waals surface area contributed by atoms with Gasteiger partial charge in [0.05, 0.1) is 23.9 Å². The Morgan fingerprint density at radius 1 is 1.27 bits per heavy atom. The molecule has 0 bridgehead atoms. The van der Waals surface area contributed by atoms with Gasteiger partial charge in [0.2, 0.25) is 0 Å². The highest BCUT2D eigenvalue weighted by Crippen LogP contribution is 2.25. The number of hydrogen-bond donors (Lipinski definition) is 2. The monoisotopic (exact) mass is 318 g/mol. The molecule has 2 atom stereocenters. The average Bonchev–Trinajstić information content (AvgIpc) is 2.94. The van der Waals surface area contributed by atoms with Crippen molar-refractivity contribution < 1.29 is 9.84 Å². The Kier molecular flexibility index (Phi) is 4.95. The van der Waals surface area contributed by atoms with Gasteiger partial charge >= 0.3 is 0 Å². The topological polar surface area (TPSA) is 54.4 Å². The standard InChI is InChI=1S/C17H22N2O2S/c1-12-17(22-11-19-12)10-18-13-6-8-14(9-7-13)21-16-5-3-2-4-15(16)20/h6-9,11,15-16,18,20H,2-5,10H2,1H3. The maximum Gasteiger partial charge on any atom is 0.124 e. The maximum absolute atomic E-state index is 9.96. The third-order valence-electron chi connectivity index (χ3n) is 4.11. The second kappa shape index (κ2) is 7.11. The molecular weight excluding hydrogens is 296 g/mol. The summed E-state index contributed by atoms with van der Waals surface area (Å²) < 4.78 is 5.91. The molecule has 0 aliphatic heterocycles. The summed E-state index contributed by atoms with van der Waals surface area (Å²) in [6.45, 7) is 2.82. The lowest BCUT2D eigenvalue weighted by molar-refractivity contribution is 0.00688. The number of nitrogens with zero attached hydrogens (tertiary/aromatic N) is 1. The quantitative estimate of drug-likeness (QED) is 0.881. The molecule has 1 aliphatic rings. The molecule has 0 amide bonds. The van der Waals surface area contributed by atoms with E-state index in [0.717, 1.165) is 49.4 Å². The summed E-state index contributed by atoms with van der Waals surface area (Å²) in [6, 6.07) is 7.95. The van der Waals surface area contributed by atoms with Crippen molar-refractivity contribution in [2.45, 2.75) is 51.4 Å². The van der Waals surface area contributed by atoms with Gasteiger partial charge in [0, 0.05) is 10.6 Å². The number of thiazole rings is 1. The normalized spacial score (nSPS) is 21.5. The molecule has 22 heavy (non-hydrogen) atoms. The molecular formula is C17H22N2O2S. The summed E-state index contributed by atoms with van der Waals surface area (Å²) in [5, 5.41) is 13.4. The Balaban J connectivity index is 1.54. The van der Waals surface area contributed by atoms with Crippen LogP contribution in [0.1, 0.15) is 36.3 Å². The molecule has 1 saturated carbocycles. The number of ether oxygens (including phenoxy) is 1. The Hall–Kier alpha value is -1.59. The molecule has 0 spiro atoms. The Morgan fingerprint density at radius 2 is 2.05 bits per heavy atom. The van der Waals surface area contributed by atoms with Crippen LogP contribution in [0, 0.1) is 6.92 Å². The van der Waals surface area contributed by atoms with Crippen LogP contribution in [-0.2, 0) is 6.54 Å². The van der Waals surface area contributed by atoms with Crippen molar-refractivity contribution in [3.63, 3.8) is 0 Å². The summed E-state index contributed by atoms with van der Waals surface area (Å²) in [6.07, 6.45) is 3.62. The van der Waals surface area contributed by atoms with E-state index in [1.54, 1.807) is 11.3 Å². The van der Waals surface area contributed by atoms with E-state index in [2.05, 4.69) is 10.3 Å². The molecule has 118 valence electrons. The van der Waals surface area contributed by atoms with Crippen molar-refractivity contribution in [3.05, 3.63) is 40.3 Å². The lowest BCUT2D eigenvalue weighted by Gasteiger charge is -2.28. The Labute approximate surface area is 135 Å². The minimum atomic E-state index is -0.333. The molecule has 3 rings (SSSR count). The fraction of sp³-hybridized carbons (Fsp3) is 0.471. The van der Waals surface area contributed by atoms with Crippen molar-refractivity contribution in [1.82, 2.24) is 4.98 Å². The first-order valence-corrected chi connectivity index (χ1v) is 8.68. The molecule has 2 unspecified atom stereocenters. The smallest absolute Gasteiger partial charge is 0.124 e. The van der Waals surface area contributed by atoms with Gasteiger partial charge in [-0.1, -0.05) is 6.42 Å². The number of aliphatic hydroxyl groups excluding tert-OH is 1. The lowest BCUT2D eigenvalue weighted by Crippen LogP contribution is -2.34. The summed E-state index contributed by atoms with van der Waals surface area (Å²) in [4.78, 5) is 5.51. The van der Waals surface area contributed by atoms with Gasteiger partial charge in [-0.3, -0.25) is 0 Å². The van der Waals surface area contributed by atoms with Gasteiger partial charge in [-0.05, 0) is 50.5 Å². The molecule has 4 nitrogen and oxygen atoms in total. The summed E-state index contributed by atoms with van der Waals surface area (Å²) in [5.41, 5.74) is 4.02. The number of aromatic nitrogens is 1. The molecule has 1 aliphatic carbocycles. The van der Waals surface area contributed by atoms with E-state index >= 15 is 0 Å². The van der Waals surface area contributed by atoms with Crippen LogP contribution < -0.4 is 10.1 Å². The van der Waals surface area contributed by atoms with Crippen LogP contribution in [0.15, 0.2) is 29.8 Å². The molecule has 1 heterocycles. The molecule has 5 heteroatoms. The van der Waals surface area contributed by atoms with Crippen LogP contribution in [0.25, 0.3) is 0 Å². The second-order valence-electron chi connectivity index (χ2n) is 5.75. The van der Waals surface area contributed by atoms with E-state index in [1.807, 2.05) is 36.7 Å². The number of aryl methyl sites for hydroxylation is 1. The zero-order valence-electron chi connectivity index (χ0n) is 12.8. The summed E-state index contributed by atoms with van der Waals surface area (Å²) >= 11 is 1.67. The first-order chi connectivity index (χ1) is 10.7. The molecule has 2 aromatic rings. The van der Waals surface area contributed by atoms with E-state index in [1.165, 1.54) is 4.88 Å². The van der Waals surface area contributed by atoms with Crippen molar-refractivity contribution in [2.24, 2.45) is 0 Å².